The molecule has 66 heavy (non-hydrogen) atoms. The van der Waals surface area contributed by atoms with E-state index in [1.165, 1.54) is 6.20 Å². The van der Waals surface area contributed by atoms with Gasteiger partial charge in [-0.15, -0.1) is 0 Å². The van der Waals surface area contributed by atoms with Gasteiger partial charge in [0.05, 0.1) is 17.4 Å². The lowest BCUT2D eigenvalue weighted by atomic mass is 9.91. The van der Waals surface area contributed by atoms with Crippen LogP contribution >= 0.6 is 0 Å². The van der Waals surface area contributed by atoms with Crippen LogP contribution in [0.15, 0.2) is 73.1 Å². The number of rotatable bonds is 11. The molecular formula is C47H47F3N8O7S. The standard InChI is InChI=1S/C47H47F3N8O7S/c48-30-15-16-57(26-30)66(63,64)54-39-12-11-38(49)42(43(39)50)44(60)37-24-52-45-36(37)22-28(23-51-45)27-1-6-33(7-2-27)65-34-8-3-31(4-9-34)55-17-19-56(20-18-55)32-5-10-35-29(21-32)25-58(47(35)62)40-13-14-41(59)53-46(40)61/h1-2,5-7,10-12,21-24,30-31,34,40,54H,3-4,8-9,13-20,25-26H2,(H,51,52)(H,53,59,61)/t30-,31-,34+,40?/m1/s1. The third-order valence-electron chi connectivity index (χ3n) is 13.6. The number of ketones is 1. The number of nitrogens with one attached hydrogen (secondary N) is 3. The highest BCUT2D eigenvalue weighted by Gasteiger charge is 2.40. The zero-order valence-electron chi connectivity index (χ0n) is 35.8. The normalized spacial score (nSPS) is 23.0. The number of piperazine rings is 1. The molecule has 4 fully saturated rings. The summed E-state index contributed by atoms with van der Waals surface area (Å²) in [5.74, 6) is -3.75. The number of amides is 3. The number of benzene rings is 3. The molecule has 19 heteroatoms. The van der Waals surface area contributed by atoms with Crippen molar-refractivity contribution in [2.24, 2.45) is 0 Å². The number of anilines is 2. The summed E-state index contributed by atoms with van der Waals surface area (Å²) in [6, 6.07) is 16.6. The van der Waals surface area contributed by atoms with E-state index in [0.717, 1.165) is 85.1 Å². The predicted molar refractivity (Wildman–Crippen MR) is 238 cm³/mol. The van der Waals surface area contributed by atoms with E-state index in [1.807, 2.05) is 41.1 Å². The Balaban J connectivity index is 0.728. The van der Waals surface area contributed by atoms with Crippen molar-refractivity contribution >= 4 is 56.1 Å². The minimum atomic E-state index is -4.36. The summed E-state index contributed by atoms with van der Waals surface area (Å²) < 4.78 is 79.5. The number of imide groups is 1. The van der Waals surface area contributed by atoms with Crippen molar-refractivity contribution in [3.8, 4) is 16.9 Å². The minimum Gasteiger partial charge on any atom is -0.490 e. The molecule has 0 spiro atoms. The smallest absolute Gasteiger partial charge is 0.301 e. The molecule has 4 aliphatic heterocycles. The number of carbonyl (C=O) groups excluding carboxylic acids is 4. The lowest BCUT2D eigenvalue weighted by Gasteiger charge is -2.42. The Morgan fingerprint density at radius 3 is 2.36 bits per heavy atom. The van der Waals surface area contributed by atoms with Crippen LogP contribution in [0.4, 0.5) is 24.5 Å². The van der Waals surface area contributed by atoms with Crippen molar-refractivity contribution in [3.05, 3.63) is 107 Å². The van der Waals surface area contributed by atoms with Gasteiger partial charge in [0.25, 0.3) is 5.91 Å². The van der Waals surface area contributed by atoms with Gasteiger partial charge in [-0.05, 0) is 98.2 Å². The van der Waals surface area contributed by atoms with E-state index < -0.39 is 63.5 Å². The molecule has 5 aromatic rings. The topological polar surface area (TPSA) is 177 Å². The van der Waals surface area contributed by atoms with Gasteiger partial charge in [0.1, 0.15) is 29.4 Å². The molecule has 6 heterocycles. The van der Waals surface area contributed by atoms with Crippen molar-refractivity contribution in [1.29, 1.82) is 0 Å². The molecule has 3 saturated heterocycles. The minimum absolute atomic E-state index is 0.000515. The van der Waals surface area contributed by atoms with Crippen LogP contribution in [-0.4, -0.2) is 120 Å². The van der Waals surface area contributed by atoms with Crippen LogP contribution < -0.4 is 19.7 Å². The summed E-state index contributed by atoms with van der Waals surface area (Å²) >= 11 is 0. The lowest BCUT2D eigenvalue weighted by Crippen LogP contribution is -2.52. The molecule has 15 nitrogen and oxygen atoms in total. The lowest BCUT2D eigenvalue weighted by molar-refractivity contribution is -0.136. The van der Waals surface area contributed by atoms with E-state index in [-0.39, 0.29) is 42.9 Å². The largest absolute Gasteiger partial charge is 0.490 e. The predicted octanol–water partition coefficient (Wildman–Crippen LogP) is 5.71. The molecule has 5 aliphatic rings. The van der Waals surface area contributed by atoms with E-state index in [9.17, 15) is 32.0 Å². The van der Waals surface area contributed by atoms with Crippen LogP contribution in [-0.2, 0) is 26.3 Å². The Morgan fingerprint density at radius 1 is 0.864 bits per heavy atom. The van der Waals surface area contributed by atoms with E-state index in [2.05, 4.69) is 31.2 Å². The summed E-state index contributed by atoms with van der Waals surface area (Å²) in [5, 5.41) is 2.67. The van der Waals surface area contributed by atoms with Crippen LogP contribution in [0.2, 0.25) is 0 Å². The summed E-state index contributed by atoms with van der Waals surface area (Å²) in [6.07, 6.45) is 6.03. The summed E-state index contributed by atoms with van der Waals surface area (Å²) in [7, 11) is -4.36. The molecule has 2 aromatic heterocycles. The van der Waals surface area contributed by atoms with Gasteiger partial charge >= 0.3 is 10.2 Å². The maximum atomic E-state index is 15.7. The molecule has 3 aromatic carbocycles. The average molecular weight is 925 g/mol. The zero-order chi connectivity index (χ0) is 45.9. The Hall–Kier alpha value is -6.31. The number of hydrogen-bond acceptors (Lipinski definition) is 10. The zero-order valence-corrected chi connectivity index (χ0v) is 36.6. The van der Waals surface area contributed by atoms with Crippen molar-refractivity contribution in [2.75, 3.05) is 48.9 Å². The average Bonchev–Trinajstić information content (AvgIpc) is 4.04. The molecule has 0 bridgehead atoms. The van der Waals surface area contributed by atoms with Crippen LogP contribution in [0, 0.1) is 11.6 Å². The number of pyridine rings is 1. The third kappa shape index (κ3) is 8.39. The number of nitrogens with zero attached hydrogens (tertiary/aromatic N) is 5. The van der Waals surface area contributed by atoms with Crippen molar-refractivity contribution < 1.29 is 45.5 Å². The van der Waals surface area contributed by atoms with E-state index in [1.54, 1.807) is 17.2 Å². The first kappa shape index (κ1) is 43.6. The van der Waals surface area contributed by atoms with E-state index in [0.29, 0.717) is 46.9 Å². The number of fused-ring (bicyclic) bond motifs is 2. The fourth-order valence-electron chi connectivity index (χ4n) is 9.98. The van der Waals surface area contributed by atoms with Crippen molar-refractivity contribution in [1.82, 2.24) is 29.4 Å². The number of piperidine rings is 1. The molecule has 2 atom stereocenters. The van der Waals surface area contributed by atoms with Gasteiger partial charge in [-0.1, -0.05) is 12.1 Å². The maximum absolute atomic E-state index is 15.7. The van der Waals surface area contributed by atoms with Crippen LogP contribution in [0.25, 0.3) is 22.2 Å². The number of aromatic amines is 1. The Bertz CT molecular complexity index is 2860. The van der Waals surface area contributed by atoms with Crippen molar-refractivity contribution in [2.45, 2.75) is 75.8 Å². The molecule has 344 valence electrons. The highest BCUT2D eigenvalue weighted by molar-refractivity contribution is 7.90. The summed E-state index contributed by atoms with van der Waals surface area (Å²) in [6.45, 7) is 3.42. The number of H-pyrrole nitrogens is 1. The highest BCUT2D eigenvalue weighted by Crippen LogP contribution is 2.35. The van der Waals surface area contributed by atoms with Crippen LogP contribution in [0.1, 0.15) is 76.8 Å². The van der Waals surface area contributed by atoms with Gasteiger partial charge in [-0.25, -0.2) is 18.2 Å². The molecule has 0 radical (unpaired) electrons. The second kappa shape index (κ2) is 17.5. The molecular weight excluding hydrogens is 878 g/mol. The first-order chi connectivity index (χ1) is 31.8. The first-order valence-corrected chi connectivity index (χ1v) is 23.7. The molecule has 1 unspecified atom stereocenters. The number of carbonyl (C=O) groups is 4. The van der Waals surface area contributed by atoms with Gasteiger partial charge in [-0.2, -0.15) is 12.7 Å². The van der Waals surface area contributed by atoms with Crippen LogP contribution in [0.3, 0.4) is 0 Å². The van der Waals surface area contributed by atoms with E-state index >= 15 is 8.78 Å². The monoisotopic (exact) mass is 924 g/mol. The van der Waals surface area contributed by atoms with Crippen LogP contribution in [0.5, 0.6) is 5.75 Å². The SMILES string of the molecule is O=C1CCC(N2Cc3cc(N4CCN([C@H]5CC[C@@H](Oc6ccc(-c7cnc8[nH]cc(C(=O)c9c(F)ccc(NS(=O)(=O)N%10CC[C@@H](F)C%10)c9F)c8c7)cc6)CC5)CC4)ccc3C2=O)C(=O)N1. The third-order valence-corrected chi connectivity index (χ3v) is 15.1. The van der Waals surface area contributed by atoms with Gasteiger partial charge in [0.2, 0.25) is 17.6 Å². The van der Waals surface area contributed by atoms with Gasteiger partial charge in [-0.3, -0.25) is 34.1 Å². The second-order valence-electron chi connectivity index (χ2n) is 17.6. The first-order valence-electron chi connectivity index (χ1n) is 22.2. The number of ether oxygens (including phenoxy) is 1. The van der Waals surface area contributed by atoms with E-state index in [4.69, 9.17) is 4.74 Å². The number of hydrogen-bond donors (Lipinski definition) is 3. The number of halogens is 3. The maximum Gasteiger partial charge on any atom is 0.301 e. The molecule has 3 N–H and O–H groups in total. The summed E-state index contributed by atoms with van der Waals surface area (Å²) in [4.78, 5) is 64.8. The molecule has 1 aliphatic carbocycles. The number of alkyl halides is 1. The Kier molecular flexibility index (Phi) is 11.5. The number of aromatic nitrogens is 2. The van der Waals surface area contributed by atoms with Crippen molar-refractivity contribution in [3.63, 3.8) is 0 Å². The Morgan fingerprint density at radius 2 is 1.64 bits per heavy atom. The fraction of sp³-hybridized carbons (Fsp3) is 0.383. The summed E-state index contributed by atoms with van der Waals surface area (Å²) in [5.41, 5.74) is 2.66. The fourth-order valence-corrected chi connectivity index (χ4v) is 11.3. The molecule has 10 rings (SSSR count). The molecule has 3 amide bonds. The van der Waals surface area contributed by atoms with Gasteiger partial charge < -0.3 is 19.5 Å². The van der Waals surface area contributed by atoms with Gasteiger partial charge in [0, 0.05) is 98.4 Å². The second-order valence-corrected chi connectivity index (χ2v) is 19.3. The Labute approximate surface area is 378 Å². The highest BCUT2D eigenvalue weighted by atomic mass is 32.2. The molecule has 1 saturated carbocycles. The van der Waals surface area contributed by atoms with Gasteiger partial charge in [0.15, 0.2) is 5.82 Å². The quantitative estimate of drug-likeness (QED) is 0.110.